The SMILES string of the molecule is Cl.NC(Cc1ccccc1)C(O)C(=O)NC1CC1. The summed E-state index contributed by atoms with van der Waals surface area (Å²) in [6, 6.07) is 9.32. The fourth-order valence-corrected chi connectivity index (χ4v) is 1.71. The van der Waals surface area contributed by atoms with Crippen LogP contribution in [0.15, 0.2) is 30.3 Å². The first-order valence-corrected chi connectivity index (χ1v) is 5.95. The van der Waals surface area contributed by atoms with Gasteiger partial charge in [0.1, 0.15) is 6.10 Å². The summed E-state index contributed by atoms with van der Waals surface area (Å²) in [5, 5.41) is 12.5. The van der Waals surface area contributed by atoms with Crippen molar-refractivity contribution in [3.05, 3.63) is 35.9 Å². The molecule has 2 rings (SSSR count). The van der Waals surface area contributed by atoms with E-state index in [9.17, 15) is 9.90 Å². The highest BCUT2D eigenvalue weighted by molar-refractivity contribution is 5.85. The van der Waals surface area contributed by atoms with Crippen molar-refractivity contribution < 1.29 is 9.90 Å². The number of hydrogen-bond donors (Lipinski definition) is 3. The van der Waals surface area contributed by atoms with Gasteiger partial charge in [0.2, 0.25) is 0 Å². The molecule has 0 aromatic heterocycles. The van der Waals surface area contributed by atoms with Crippen molar-refractivity contribution in [3.8, 4) is 0 Å². The minimum absolute atomic E-state index is 0. The van der Waals surface area contributed by atoms with Crippen molar-refractivity contribution >= 4 is 18.3 Å². The highest BCUT2D eigenvalue weighted by atomic mass is 35.5. The van der Waals surface area contributed by atoms with Crippen LogP contribution in [0.5, 0.6) is 0 Å². The van der Waals surface area contributed by atoms with Crippen LogP contribution in [0, 0.1) is 0 Å². The van der Waals surface area contributed by atoms with Crippen LogP contribution in [-0.4, -0.2) is 29.2 Å². The Hall–Kier alpha value is -1.10. The van der Waals surface area contributed by atoms with Crippen LogP contribution in [0.2, 0.25) is 0 Å². The maximum Gasteiger partial charge on any atom is 0.250 e. The van der Waals surface area contributed by atoms with Gasteiger partial charge in [-0.2, -0.15) is 0 Å². The zero-order chi connectivity index (χ0) is 12.3. The van der Waals surface area contributed by atoms with E-state index < -0.39 is 12.1 Å². The van der Waals surface area contributed by atoms with E-state index in [2.05, 4.69) is 5.32 Å². The summed E-state index contributed by atoms with van der Waals surface area (Å²) < 4.78 is 0. The third-order valence-corrected chi connectivity index (χ3v) is 2.91. The Morgan fingerprint density at radius 3 is 2.56 bits per heavy atom. The van der Waals surface area contributed by atoms with Gasteiger partial charge in [-0.05, 0) is 24.8 Å². The van der Waals surface area contributed by atoms with Gasteiger partial charge in [0.15, 0.2) is 0 Å². The lowest BCUT2D eigenvalue weighted by atomic mass is 10.0. The van der Waals surface area contributed by atoms with E-state index in [0.717, 1.165) is 18.4 Å². The third-order valence-electron chi connectivity index (χ3n) is 2.91. The molecule has 0 bridgehead atoms. The Morgan fingerprint density at radius 1 is 1.39 bits per heavy atom. The van der Waals surface area contributed by atoms with Crippen molar-refractivity contribution in [3.63, 3.8) is 0 Å². The van der Waals surface area contributed by atoms with Crippen LogP contribution in [-0.2, 0) is 11.2 Å². The Kier molecular flexibility index (Phi) is 5.59. The molecule has 1 aliphatic rings. The number of carbonyl (C=O) groups excluding carboxylic acids is 1. The number of amides is 1. The van der Waals surface area contributed by atoms with Crippen LogP contribution < -0.4 is 11.1 Å². The molecule has 0 heterocycles. The monoisotopic (exact) mass is 270 g/mol. The van der Waals surface area contributed by atoms with Crippen molar-refractivity contribution in [1.82, 2.24) is 5.32 Å². The summed E-state index contributed by atoms with van der Waals surface area (Å²) in [6.07, 6.45) is 1.38. The number of nitrogens with two attached hydrogens (primary N) is 1. The first-order valence-electron chi connectivity index (χ1n) is 5.95. The van der Waals surface area contributed by atoms with Crippen LogP contribution in [0.3, 0.4) is 0 Å². The predicted molar refractivity (Wildman–Crippen MR) is 72.5 cm³/mol. The number of hydrogen-bond acceptors (Lipinski definition) is 3. The molecule has 1 aromatic carbocycles. The molecule has 0 saturated heterocycles. The lowest BCUT2D eigenvalue weighted by Gasteiger charge is -2.18. The quantitative estimate of drug-likeness (QED) is 0.734. The summed E-state index contributed by atoms with van der Waals surface area (Å²) in [6.45, 7) is 0. The second-order valence-electron chi connectivity index (χ2n) is 4.58. The van der Waals surface area contributed by atoms with E-state index in [-0.39, 0.29) is 24.4 Å². The second kappa shape index (κ2) is 6.73. The number of aliphatic hydroxyl groups is 1. The summed E-state index contributed by atoms with van der Waals surface area (Å²) in [5.41, 5.74) is 6.86. The molecular weight excluding hydrogens is 252 g/mol. The summed E-state index contributed by atoms with van der Waals surface area (Å²) >= 11 is 0. The van der Waals surface area contributed by atoms with Crippen LogP contribution in [0.4, 0.5) is 0 Å². The van der Waals surface area contributed by atoms with Crippen molar-refractivity contribution in [2.24, 2.45) is 5.73 Å². The lowest BCUT2D eigenvalue weighted by Crippen LogP contribution is -2.48. The van der Waals surface area contributed by atoms with Crippen LogP contribution in [0.25, 0.3) is 0 Å². The third kappa shape index (κ3) is 4.29. The van der Waals surface area contributed by atoms with Gasteiger partial charge < -0.3 is 16.2 Å². The summed E-state index contributed by atoms with van der Waals surface area (Å²) in [5.74, 6) is -0.351. The topological polar surface area (TPSA) is 75.3 Å². The van der Waals surface area contributed by atoms with Gasteiger partial charge in [0.05, 0.1) is 0 Å². The molecule has 100 valence electrons. The fourth-order valence-electron chi connectivity index (χ4n) is 1.71. The number of rotatable bonds is 5. The van der Waals surface area contributed by atoms with Crippen molar-refractivity contribution in [2.75, 3.05) is 0 Å². The maximum absolute atomic E-state index is 11.6. The van der Waals surface area contributed by atoms with Gasteiger partial charge in [0.25, 0.3) is 5.91 Å². The van der Waals surface area contributed by atoms with Crippen LogP contribution in [0.1, 0.15) is 18.4 Å². The molecule has 5 heteroatoms. The smallest absolute Gasteiger partial charge is 0.250 e. The van der Waals surface area contributed by atoms with Crippen LogP contribution >= 0.6 is 12.4 Å². The van der Waals surface area contributed by atoms with E-state index in [4.69, 9.17) is 5.73 Å². The van der Waals surface area contributed by atoms with Gasteiger partial charge in [-0.1, -0.05) is 30.3 Å². The van der Waals surface area contributed by atoms with Crippen molar-refractivity contribution in [2.45, 2.75) is 37.5 Å². The zero-order valence-corrected chi connectivity index (χ0v) is 10.9. The molecule has 1 saturated carbocycles. The molecule has 2 unspecified atom stereocenters. The summed E-state index contributed by atoms with van der Waals surface area (Å²) in [7, 11) is 0. The fraction of sp³-hybridized carbons (Fsp3) is 0.462. The average molecular weight is 271 g/mol. The highest BCUT2D eigenvalue weighted by Crippen LogP contribution is 2.18. The number of aliphatic hydroxyl groups excluding tert-OH is 1. The molecule has 0 aliphatic heterocycles. The normalized spacial score (nSPS) is 17.4. The van der Waals surface area contributed by atoms with Crippen molar-refractivity contribution in [1.29, 1.82) is 0 Å². The summed E-state index contributed by atoms with van der Waals surface area (Å²) in [4.78, 5) is 11.6. The lowest BCUT2D eigenvalue weighted by molar-refractivity contribution is -0.130. The first-order chi connectivity index (χ1) is 8.16. The first kappa shape index (κ1) is 15.0. The minimum Gasteiger partial charge on any atom is -0.382 e. The largest absolute Gasteiger partial charge is 0.382 e. The molecule has 1 aliphatic carbocycles. The van der Waals surface area contributed by atoms with E-state index in [0.29, 0.717) is 6.42 Å². The van der Waals surface area contributed by atoms with Gasteiger partial charge in [-0.15, -0.1) is 12.4 Å². The molecule has 4 N–H and O–H groups in total. The molecule has 0 spiro atoms. The Morgan fingerprint density at radius 2 is 2.00 bits per heavy atom. The Labute approximate surface area is 113 Å². The van der Waals surface area contributed by atoms with E-state index in [1.807, 2.05) is 30.3 Å². The van der Waals surface area contributed by atoms with Gasteiger partial charge in [-0.3, -0.25) is 4.79 Å². The zero-order valence-electron chi connectivity index (χ0n) is 10.1. The Balaban J connectivity index is 0.00000162. The predicted octanol–water partition coefficient (Wildman–Crippen LogP) is 0.618. The van der Waals surface area contributed by atoms with E-state index >= 15 is 0 Å². The maximum atomic E-state index is 11.6. The van der Waals surface area contributed by atoms with Gasteiger partial charge in [-0.25, -0.2) is 0 Å². The minimum atomic E-state index is -1.13. The van der Waals surface area contributed by atoms with Gasteiger partial charge in [0, 0.05) is 12.1 Å². The molecule has 18 heavy (non-hydrogen) atoms. The van der Waals surface area contributed by atoms with E-state index in [1.54, 1.807) is 0 Å². The molecule has 1 aromatic rings. The molecule has 4 nitrogen and oxygen atoms in total. The number of carbonyl (C=O) groups is 1. The molecule has 1 fully saturated rings. The van der Waals surface area contributed by atoms with Gasteiger partial charge >= 0.3 is 0 Å². The molecule has 2 atom stereocenters. The molecule has 0 radical (unpaired) electrons. The number of benzene rings is 1. The van der Waals surface area contributed by atoms with E-state index in [1.165, 1.54) is 0 Å². The average Bonchev–Trinajstić information content (AvgIpc) is 3.13. The number of nitrogens with one attached hydrogen (secondary N) is 1. The standard InChI is InChI=1S/C13H18N2O2.ClH/c14-11(8-9-4-2-1-3-5-9)12(16)13(17)15-10-6-7-10;/h1-5,10-12,16H,6-8,14H2,(H,15,17);1H. The number of halogens is 1. The highest BCUT2D eigenvalue weighted by Gasteiger charge is 2.29. The molecule has 1 amide bonds. The molecular formula is C13H19ClN2O2. The second-order valence-corrected chi connectivity index (χ2v) is 4.58. The Bertz CT molecular complexity index is 382.